The summed E-state index contributed by atoms with van der Waals surface area (Å²) >= 11 is 1.74. The summed E-state index contributed by atoms with van der Waals surface area (Å²) in [5.41, 5.74) is 1.00. The maximum absolute atomic E-state index is 12.1. The Bertz CT molecular complexity index is 475. The number of carbonyl (C=O) groups excluding carboxylic acids is 1. The van der Waals surface area contributed by atoms with Gasteiger partial charge < -0.3 is 10.4 Å². The van der Waals surface area contributed by atoms with E-state index in [9.17, 15) is 9.59 Å². The Labute approximate surface area is 110 Å². The number of hydrogen-bond acceptors (Lipinski definition) is 3. The van der Waals surface area contributed by atoms with Gasteiger partial charge in [0.2, 0.25) is 5.91 Å². The molecule has 0 spiro atoms. The quantitative estimate of drug-likeness (QED) is 0.875. The van der Waals surface area contributed by atoms with Crippen molar-refractivity contribution < 1.29 is 14.7 Å². The van der Waals surface area contributed by atoms with Gasteiger partial charge in [0.25, 0.3) is 0 Å². The highest BCUT2D eigenvalue weighted by atomic mass is 32.2. The number of hydrogen-bond donors (Lipinski definition) is 2. The van der Waals surface area contributed by atoms with Crippen LogP contribution in [0.5, 0.6) is 0 Å². The van der Waals surface area contributed by atoms with E-state index in [2.05, 4.69) is 5.32 Å². The molecule has 5 heteroatoms. The fourth-order valence-corrected chi connectivity index (χ4v) is 3.12. The lowest BCUT2D eigenvalue weighted by atomic mass is 9.94. The van der Waals surface area contributed by atoms with Gasteiger partial charge in [0, 0.05) is 4.90 Å². The molecule has 0 saturated carbocycles. The Hall–Kier alpha value is -1.49. The number of benzene rings is 1. The van der Waals surface area contributed by atoms with E-state index in [4.69, 9.17) is 5.11 Å². The first-order valence-corrected chi connectivity index (χ1v) is 6.83. The molecule has 1 aliphatic heterocycles. The minimum absolute atomic E-state index is 0.197. The molecule has 1 aromatic rings. The third kappa shape index (κ3) is 2.67. The summed E-state index contributed by atoms with van der Waals surface area (Å²) < 4.78 is 0. The Kier molecular flexibility index (Phi) is 3.91. The van der Waals surface area contributed by atoms with Crippen LogP contribution in [0.1, 0.15) is 24.8 Å². The van der Waals surface area contributed by atoms with Crippen LogP contribution < -0.4 is 5.32 Å². The van der Waals surface area contributed by atoms with Crippen LogP contribution in [-0.2, 0) is 9.59 Å². The van der Waals surface area contributed by atoms with E-state index >= 15 is 0 Å². The molecule has 0 aliphatic carbocycles. The summed E-state index contributed by atoms with van der Waals surface area (Å²) in [5.74, 6) is -0.556. The maximum atomic E-state index is 12.1. The fourth-order valence-electron chi connectivity index (χ4n) is 1.99. The average molecular weight is 265 g/mol. The van der Waals surface area contributed by atoms with Gasteiger partial charge in [-0.05, 0) is 30.7 Å². The number of nitrogens with one attached hydrogen (secondary N) is 1. The van der Waals surface area contributed by atoms with Gasteiger partial charge in [-0.25, -0.2) is 0 Å². The zero-order valence-corrected chi connectivity index (χ0v) is 10.9. The number of carboxylic acids is 1. The van der Waals surface area contributed by atoms with Gasteiger partial charge in [-0.15, -0.1) is 11.8 Å². The van der Waals surface area contributed by atoms with Crippen molar-refractivity contribution in [3.05, 3.63) is 29.8 Å². The summed E-state index contributed by atoms with van der Waals surface area (Å²) in [6, 6.07) is 6.95. The molecule has 0 bridgehead atoms. The molecular weight excluding hydrogens is 250 g/mol. The van der Waals surface area contributed by atoms with E-state index in [1.807, 2.05) is 24.3 Å². The van der Waals surface area contributed by atoms with E-state index < -0.39 is 12.0 Å². The lowest BCUT2D eigenvalue weighted by molar-refractivity contribution is -0.141. The standard InChI is InChI=1S/C13H15NO3S/c1-8(13(16)17)14-12(15)10-6-7-18-11-5-3-2-4-9(10)11/h2-5,8,10H,6-7H2,1H3,(H,14,15)(H,16,17). The molecule has 4 nitrogen and oxygen atoms in total. The normalized spacial score (nSPS) is 19.7. The molecule has 1 aliphatic rings. The van der Waals surface area contributed by atoms with Gasteiger partial charge in [-0.2, -0.15) is 0 Å². The molecule has 1 aromatic carbocycles. The van der Waals surface area contributed by atoms with Gasteiger partial charge in [0.15, 0.2) is 0 Å². The van der Waals surface area contributed by atoms with E-state index in [1.54, 1.807) is 11.8 Å². The van der Waals surface area contributed by atoms with E-state index in [1.165, 1.54) is 6.92 Å². The van der Waals surface area contributed by atoms with E-state index in [-0.39, 0.29) is 11.8 Å². The van der Waals surface area contributed by atoms with Crippen molar-refractivity contribution in [1.82, 2.24) is 5.32 Å². The first-order valence-electron chi connectivity index (χ1n) is 5.84. The van der Waals surface area contributed by atoms with Crippen LogP contribution in [0, 0.1) is 0 Å². The van der Waals surface area contributed by atoms with Crippen LogP contribution in [0.25, 0.3) is 0 Å². The van der Waals surface area contributed by atoms with Crippen molar-refractivity contribution in [3.63, 3.8) is 0 Å². The summed E-state index contributed by atoms with van der Waals surface area (Å²) in [4.78, 5) is 24.0. The van der Waals surface area contributed by atoms with Crippen molar-refractivity contribution in [2.45, 2.75) is 30.2 Å². The molecule has 0 fully saturated rings. The van der Waals surface area contributed by atoms with Crippen LogP contribution in [0.3, 0.4) is 0 Å². The third-order valence-electron chi connectivity index (χ3n) is 3.00. The van der Waals surface area contributed by atoms with Gasteiger partial charge in [-0.3, -0.25) is 9.59 Å². The van der Waals surface area contributed by atoms with Crippen LogP contribution in [0.2, 0.25) is 0 Å². The summed E-state index contributed by atoms with van der Waals surface area (Å²) in [5, 5.41) is 11.3. The smallest absolute Gasteiger partial charge is 0.325 e. The van der Waals surface area contributed by atoms with Crippen molar-refractivity contribution in [1.29, 1.82) is 0 Å². The second-order valence-corrected chi connectivity index (χ2v) is 5.43. The highest BCUT2D eigenvalue weighted by molar-refractivity contribution is 7.99. The number of aliphatic carboxylic acids is 1. The molecule has 2 rings (SSSR count). The van der Waals surface area contributed by atoms with Crippen LogP contribution >= 0.6 is 11.8 Å². The molecule has 2 N–H and O–H groups in total. The van der Waals surface area contributed by atoms with E-state index in [0.29, 0.717) is 0 Å². The highest BCUT2D eigenvalue weighted by Crippen LogP contribution is 2.37. The van der Waals surface area contributed by atoms with Gasteiger partial charge in [0.1, 0.15) is 6.04 Å². The van der Waals surface area contributed by atoms with Crippen molar-refractivity contribution in [3.8, 4) is 0 Å². The molecule has 1 amide bonds. The Morgan fingerprint density at radius 2 is 2.17 bits per heavy atom. The van der Waals surface area contributed by atoms with Gasteiger partial charge in [0.05, 0.1) is 5.92 Å². The minimum atomic E-state index is -1.01. The monoisotopic (exact) mass is 265 g/mol. The lowest BCUT2D eigenvalue weighted by Crippen LogP contribution is -2.41. The van der Waals surface area contributed by atoms with Crippen molar-refractivity contribution >= 4 is 23.6 Å². The molecule has 2 atom stereocenters. The summed E-state index contributed by atoms with van der Waals surface area (Å²) in [6.45, 7) is 1.48. The third-order valence-corrected chi connectivity index (χ3v) is 4.13. The molecule has 0 radical (unpaired) electrons. The molecule has 0 saturated heterocycles. The minimum Gasteiger partial charge on any atom is -0.480 e. The average Bonchev–Trinajstić information content (AvgIpc) is 2.37. The fraction of sp³-hybridized carbons (Fsp3) is 0.385. The lowest BCUT2D eigenvalue weighted by Gasteiger charge is -2.24. The van der Waals surface area contributed by atoms with Crippen molar-refractivity contribution in [2.24, 2.45) is 0 Å². The zero-order chi connectivity index (χ0) is 13.1. The Morgan fingerprint density at radius 1 is 1.44 bits per heavy atom. The number of carboxylic acid groups (broad SMARTS) is 1. The second-order valence-electron chi connectivity index (χ2n) is 4.30. The highest BCUT2D eigenvalue weighted by Gasteiger charge is 2.28. The molecule has 1 heterocycles. The largest absolute Gasteiger partial charge is 0.480 e. The number of amides is 1. The topological polar surface area (TPSA) is 66.4 Å². The number of fused-ring (bicyclic) bond motifs is 1. The van der Waals surface area contributed by atoms with Gasteiger partial charge >= 0.3 is 5.97 Å². The number of rotatable bonds is 3. The van der Waals surface area contributed by atoms with Crippen LogP contribution in [-0.4, -0.2) is 28.8 Å². The molecule has 96 valence electrons. The summed E-state index contributed by atoms with van der Waals surface area (Å²) in [6.07, 6.45) is 0.750. The summed E-state index contributed by atoms with van der Waals surface area (Å²) in [7, 11) is 0. The van der Waals surface area contributed by atoms with Crippen LogP contribution in [0.4, 0.5) is 0 Å². The zero-order valence-electron chi connectivity index (χ0n) is 10.1. The molecule has 0 aromatic heterocycles. The maximum Gasteiger partial charge on any atom is 0.325 e. The molecule has 18 heavy (non-hydrogen) atoms. The van der Waals surface area contributed by atoms with Crippen LogP contribution in [0.15, 0.2) is 29.2 Å². The number of carbonyl (C=O) groups is 2. The first-order chi connectivity index (χ1) is 8.59. The first kappa shape index (κ1) is 13.0. The Balaban J connectivity index is 2.15. The molecule has 2 unspecified atom stereocenters. The Morgan fingerprint density at radius 3 is 2.89 bits per heavy atom. The van der Waals surface area contributed by atoms with Crippen molar-refractivity contribution in [2.75, 3.05) is 5.75 Å². The van der Waals surface area contributed by atoms with E-state index in [0.717, 1.165) is 22.6 Å². The second kappa shape index (κ2) is 5.44. The predicted octanol–water partition coefficient (Wildman–Crippen LogP) is 1.86. The molecular formula is C13H15NO3S. The van der Waals surface area contributed by atoms with Gasteiger partial charge in [-0.1, -0.05) is 18.2 Å². The number of thioether (sulfide) groups is 1. The predicted molar refractivity (Wildman–Crippen MR) is 69.8 cm³/mol. The SMILES string of the molecule is CC(NC(=O)C1CCSc2ccccc21)C(=O)O.